The fourth-order valence-corrected chi connectivity index (χ4v) is 4.25. The minimum absolute atomic E-state index is 0. The van der Waals surface area contributed by atoms with Gasteiger partial charge >= 0.3 is 51.4 Å². The first-order valence-electron chi connectivity index (χ1n) is 11.8. The molecule has 172 valence electrons. The molecule has 32 heavy (non-hydrogen) atoms. The van der Waals surface area contributed by atoms with Gasteiger partial charge in [0.05, 0.1) is 4.90 Å². The Hall–Kier alpha value is -0.214. The van der Waals surface area contributed by atoms with E-state index in [-0.39, 0.29) is 56.3 Å². The summed E-state index contributed by atoms with van der Waals surface area (Å²) in [6.45, 7) is 2.25. The normalized spacial score (nSPS) is 11.2. The quantitative estimate of drug-likeness (QED) is 0.198. The van der Waals surface area contributed by atoms with E-state index >= 15 is 0 Å². The molecule has 0 unspecified atom stereocenters. The Bertz CT molecular complexity index is 853. The van der Waals surface area contributed by atoms with Crippen LogP contribution in [-0.4, -0.2) is 13.0 Å². The first-order valence-corrected chi connectivity index (χ1v) is 13.2. The maximum atomic E-state index is 11.4. The van der Waals surface area contributed by atoms with Gasteiger partial charge in [-0.2, -0.15) is 0 Å². The van der Waals surface area contributed by atoms with Crippen LogP contribution >= 0.6 is 0 Å². The van der Waals surface area contributed by atoms with Crippen LogP contribution in [0, 0.1) is 0 Å². The van der Waals surface area contributed by atoms with Crippen LogP contribution in [0.25, 0.3) is 0 Å². The van der Waals surface area contributed by atoms with E-state index in [0.29, 0.717) is 11.5 Å². The van der Waals surface area contributed by atoms with Gasteiger partial charge < -0.3 is 9.29 Å². The van der Waals surface area contributed by atoms with E-state index in [9.17, 15) is 13.0 Å². The molecule has 0 aromatic heterocycles. The molecule has 0 bridgehead atoms. The van der Waals surface area contributed by atoms with Gasteiger partial charge in [0.2, 0.25) is 0 Å². The van der Waals surface area contributed by atoms with Crippen LogP contribution in [0.4, 0.5) is 0 Å². The first kappa shape index (κ1) is 29.8. The van der Waals surface area contributed by atoms with Gasteiger partial charge in [-0.3, -0.25) is 0 Å². The van der Waals surface area contributed by atoms with Gasteiger partial charge in [0.15, 0.2) is 0 Å². The number of hydrogen-bond acceptors (Lipinski definition) is 4. The number of para-hydroxylation sites is 1. The van der Waals surface area contributed by atoms with E-state index in [4.69, 9.17) is 4.74 Å². The molecule has 6 heteroatoms. The molecule has 0 spiro atoms. The minimum atomic E-state index is -4.51. The van der Waals surface area contributed by atoms with Gasteiger partial charge in [-0.1, -0.05) is 102 Å². The van der Waals surface area contributed by atoms with Crippen molar-refractivity contribution in [2.24, 2.45) is 0 Å². The molecule has 0 saturated carbocycles. The summed E-state index contributed by atoms with van der Waals surface area (Å²) in [4.78, 5) is -0.253. The van der Waals surface area contributed by atoms with Crippen molar-refractivity contribution in [2.75, 3.05) is 0 Å². The zero-order valence-electron chi connectivity index (χ0n) is 19.9. The second-order valence-corrected chi connectivity index (χ2v) is 9.66. The van der Waals surface area contributed by atoms with Crippen LogP contribution < -0.4 is 56.1 Å². The topological polar surface area (TPSA) is 66.4 Å². The van der Waals surface area contributed by atoms with E-state index in [0.717, 1.165) is 24.8 Å². The fraction of sp³-hybridized carbons (Fsp3) is 0.538. The molecule has 2 aromatic rings. The van der Waals surface area contributed by atoms with Crippen molar-refractivity contribution in [3.8, 4) is 11.5 Å². The largest absolute Gasteiger partial charge is 1.00 e. The molecule has 0 saturated heterocycles. The monoisotopic (exact) mass is 484 g/mol. The third-order valence-corrected chi connectivity index (χ3v) is 6.43. The Kier molecular flexibility index (Phi) is 16.1. The standard InChI is InChI=1S/C26H38O4S.K/c1-2-3-4-5-6-7-8-9-10-11-12-14-17-23-20-21-25(31(27,28)29)22-26(23)30-24-18-15-13-16-19-24;/h13,15-16,18-22H,2-12,14,17H2,1H3,(H,27,28,29);/q;+1/p-1. The third kappa shape index (κ3) is 12.3. The molecule has 4 nitrogen and oxygen atoms in total. The van der Waals surface area contributed by atoms with Gasteiger partial charge in [0.1, 0.15) is 21.6 Å². The van der Waals surface area contributed by atoms with Crippen molar-refractivity contribution in [2.45, 2.75) is 95.3 Å². The first-order chi connectivity index (χ1) is 15.0. The molecule has 0 heterocycles. The Labute approximate surface area is 237 Å². The van der Waals surface area contributed by atoms with Gasteiger partial charge in [-0.15, -0.1) is 0 Å². The zero-order chi connectivity index (χ0) is 22.4. The smallest absolute Gasteiger partial charge is 0.744 e. The second-order valence-electron chi connectivity index (χ2n) is 8.28. The molecule has 0 fully saturated rings. The van der Waals surface area contributed by atoms with E-state index < -0.39 is 10.1 Å². The second kappa shape index (κ2) is 17.3. The summed E-state index contributed by atoms with van der Waals surface area (Å²) in [5.41, 5.74) is 0.934. The Balaban J connectivity index is 0.00000512. The number of hydrogen-bond donors (Lipinski definition) is 0. The molecule has 0 amide bonds. The molecule has 0 N–H and O–H groups in total. The number of unbranched alkanes of at least 4 members (excludes halogenated alkanes) is 11. The van der Waals surface area contributed by atoms with Crippen LogP contribution in [0.15, 0.2) is 53.4 Å². The van der Waals surface area contributed by atoms with E-state index in [1.54, 1.807) is 6.07 Å². The molecule has 2 rings (SSSR count). The van der Waals surface area contributed by atoms with Gasteiger partial charge in [0.25, 0.3) is 0 Å². The summed E-state index contributed by atoms with van der Waals surface area (Å²) in [5, 5.41) is 0. The zero-order valence-corrected chi connectivity index (χ0v) is 23.8. The molecule has 0 aliphatic heterocycles. The van der Waals surface area contributed by atoms with E-state index in [1.165, 1.54) is 76.3 Å². The Morgan fingerprint density at radius 3 is 1.81 bits per heavy atom. The molecule has 0 aliphatic carbocycles. The summed E-state index contributed by atoms with van der Waals surface area (Å²) in [5.74, 6) is 1.07. The molecule has 2 aromatic carbocycles. The number of ether oxygens (including phenoxy) is 1. The van der Waals surface area contributed by atoms with Crippen molar-refractivity contribution >= 4 is 10.1 Å². The van der Waals surface area contributed by atoms with Crippen molar-refractivity contribution in [3.05, 3.63) is 54.1 Å². The van der Waals surface area contributed by atoms with Crippen LogP contribution in [0.1, 0.15) is 89.5 Å². The third-order valence-electron chi connectivity index (χ3n) is 5.60. The van der Waals surface area contributed by atoms with Crippen molar-refractivity contribution in [1.82, 2.24) is 0 Å². The summed E-state index contributed by atoms with van der Waals surface area (Å²) in [7, 11) is -4.51. The van der Waals surface area contributed by atoms with Crippen molar-refractivity contribution in [1.29, 1.82) is 0 Å². The average molecular weight is 485 g/mol. The number of aryl methyl sites for hydroxylation is 1. The fourth-order valence-electron chi connectivity index (χ4n) is 3.76. The van der Waals surface area contributed by atoms with Crippen molar-refractivity contribution < 1.29 is 69.1 Å². The summed E-state index contributed by atoms with van der Waals surface area (Å²) in [6.07, 6.45) is 16.3. The van der Waals surface area contributed by atoms with Gasteiger partial charge in [-0.05, 0) is 42.7 Å². The van der Waals surface area contributed by atoms with Crippen LogP contribution in [0.2, 0.25) is 0 Å². The summed E-state index contributed by atoms with van der Waals surface area (Å²) < 4.78 is 40.1. The van der Waals surface area contributed by atoms with Gasteiger partial charge in [0, 0.05) is 0 Å². The van der Waals surface area contributed by atoms with Crippen LogP contribution in [-0.2, 0) is 16.5 Å². The van der Waals surface area contributed by atoms with Gasteiger partial charge in [-0.25, -0.2) is 8.42 Å². The minimum Gasteiger partial charge on any atom is -0.744 e. The molecular weight excluding hydrogens is 447 g/mol. The maximum absolute atomic E-state index is 11.4. The SMILES string of the molecule is CCCCCCCCCCCCCCc1ccc(S(=O)(=O)[O-])cc1Oc1ccccc1.[K+]. The maximum Gasteiger partial charge on any atom is 1.00 e. The predicted octanol–water partition coefficient (Wildman–Crippen LogP) is 4.63. The van der Waals surface area contributed by atoms with E-state index in [2.05, 4.69) is 6.92 Å². The number of benzene rings is 2. The average Bonchev–Trinajstić information content (AvgIpc) is 2.75. The predicted molar refractivity (Wildman–Crippen MR) is 126 cm³/mol. The molecule has 0 radical (unpaired) electrons. The molecular formula is C26H37KO4S. The molecule has 0 aliphatic rings. The van der Waals surface area contributed by atoms with E-state index in [1.807, 2.05) is 30.3 Å². The van der Waals surface area contributed by atoms with Crippen molar-refractivity contribution in [3.63, 3.8) is 0 Å². The molecule has 0 atom stereocenters. The van der Waals surface area contributed by atoms with Crippen LogP contribution in [0.5, 0.6) is 11.5 Å². The Morgan fingerprint density at radius 2 is 1.28 bits per heavy atom. The van der Waals surface area contributed by atoms with Crippen LogP contribution in [0.3, 0.4) is 0 Å². The summed E-state index contributed by atoms with van der Waals surface area (Å²) >= 11 is 0. The number of rotatable bonds is 16. The Morgan fingerprint density at radius 1 is 0.750 bits per heavy atom. The summed E-state index contributed by atoms with van der Waals surface area (Å²) in [6, 6.07) is 13.7.